The number of furan rings is 1. The fourth-order valence-electron chi connectivity index (χ4n) is 2.61. The Morgan fingerprint density at radius 1 is 1.07 bits per heavy atom. The predicted molar refractivity (Wildman–Crippen MR) is 110 cm³/mol. The molecule has 0 saturated heterocycles. The third-order valence-corrected chi connectivity index (χ3v) is 4.23. The number of esters is 2. The smallest absolute Gasteiger partial charge is 0.338 e. The number of halogens is 1. The molecule has 0 aliphatic carbocycles. The van der Waals surface area contributed by atoms with Gasteiger partial charge in [-0.3, -0.25) is 4.99 Å². The number of nitrogens with zero attached hydrogens (tertiary/aromatic N) is 1. The lowest BCUT2D eigenvalue weighted by Crippen LogP contribution is -2.03. The average molecular weight is 412 g/mol. The van der Waals surface area contributed by atoms with E-state index in [4.69, 9.17) is 25.5 Å². The van der Waals surface area contributed by atoms with Crippen LogP contribution in [0.1, 0.15) is 33.4 Å². The zero-order valence-corrected chi connectivity index (χ0v) is 16.6. The van der Waals surface area contributed by atoms with Crippen LogP contribution in [0.4, 0.5) is 5.69 Å². The normalized spacial score (nSPS) is 10.9. The highest BCUT2D eigenvalue weighted by molar-refractivity contribution is 6.31. The third-order valence-electron chi connectivity index (χ3n) is 4.00. The van der Waals surface area contributed by atoms with Crippen molar-refractivity contribution < 1.29 is 23.5 Å². The van der Waals surface area contributed by atoms with Gasteiger partial charge in [0.05, 0.1) is 36.7 Å². The number of hydrogen-bond acceptors (Lipinski definition) is 6. The van der Waals surface area contributed by atoms with Crippen molar-refractivity contribution in [2.45, 2.75) is 6.92 Å². The highest BCUT2D eigenvalue weighted by atomic mass is 35.5. The van der Waals surface area contributed by atoms with Crippen LogP contribution >= 0.6 is 11.6 Å². The SMILES string of the molecule is CCOC(=O)c1ccc(N=Cc2ccc(-c3cc(Cl)ccc3C(=O)OC)o2)cc1. The number of aliphatic imine (C=N–C) groups is 1. The zero-order valence-electron chi connectivity index (χ0n) is 15.8. The molecule has 0 unspecified atom stereocenters. The van der Waals surface area contributed by atoms with Crippen LogP contribution in [0.5, 0.6) is 0 Å². The Morgan fingerprint density at radius 2 is 1.83 bits per heavy atom. The molecule has 0 saturated carbocycles. The highest BCUT2D eigenvalue weighted by Gasteiger charge is 2.16. The average Bonchev–Trinajstić information content (AvgIpc) is 3.21. The Bertz CT molecular complexity index is 1050. The Hall–Kier alpha value is -3.38. The molecule has 3 rings (SSSR count). The molecule has 6 nitrogen and oxygen atoms in total. The van der Waals surface area contributed by atoms with Crippen molar-refractivity contribution in [3.63, 3.8) is 0 Å². The number of hydrogen-bond donors (Lipinski definition) is 0. The van der Waals surface area contributed by atoms with Crippen LogP contribution in [-0.2, 0) is 9.47 Å². The van der Waals surface area contributed by atoms with Gasteiger partial charge in [-0.1, -0.05) is 11.6 Å². The first kappa shape index (κ1) is 20.4. The van der Waals surface area contributed by atoms with Crippen LogP contribution in [-0.4, -0.2) is 31.9 Å². The highest BCUT2D eigenvalue weighted by Crippen LogP contribution is 2.29. The summed E-state index contributed by atoms with van der Waals surface area (Å²) in [6, 6.07) is 15.0. The van der Waals surface area contributed by atoms with E-state index in [-0.39, 0.29) is 5.97 Å². The van der Waals surface area contributed by atoms with Gasteiger partial charge in [-0.05, 0) is 61.5 Å². The van der Waals surface area contributed by atoms with Gasteiger partial charge in [0.25, 0.3) is 0 Å². The third kappa shape index (κ3) is 4.92. The van der Waals surface area contributed by atoms with Crippen molar-refractivity contribution in [1.82, 2.24) is 0 Å². The van der Waals surface area contributed by atoms with E-state index in [1.807, 2.05) is 0 Å². The molecular weight excluding hydrogens is 394 g/mol. The first-order chi connectivity index (χ1) is 14.0. The Balaban J connectivity index is 1.80. The number of benzene rings is 2. The van der Waals surface area contributed by atoms with Gasteiger partial charge in [0.2, 0.25) is 0 Å². The molecule has 0 amide bonds. The van der Waals surface area contributed by atoms with Crippen molar-refractivity contribution in [1.29, 1.82) is 0 Å². The lowest BCUT2D eigenvalue weighted by atomic mass is 10.1. The summed E-state index contributed by atoms with van der Waals surface area (Å²) in [6.07, 6.45) is 1.55. The minimum Gasteiger partial charge on any atom is -0.465 e. The minimum atomic E-state index is -0.482. The second-order valence-electron chi connectivity index (χ2n) is 5.91. The first-order valence-corrected chi connectivity index (χ1v) is 9.19. The van der Waals surface area contributed by atoms with Crippen LogP contribution in [0, 0.1) is 0 Å². The maximum Gasteiger partial charge on any atom is 0.338 e. The minimum absolute atomic E-state index is 0.323. The molecule has 2 aromatic carbocycles. The zero-order chi connectivity index (χ0) is 20.8. The number of carbonyl (C=O) groups excluding carboxylic acids is 2. The van der Waals surface area contributed by atoms with E-state index in [9.17, 15) is 9.59 Å². The van der Waals surface area contributed by atoms with Crippen molar-refractivity contribution >= 4 is 35.4 Å². The van der Waals surface area contributed by atoms with Crippen molar-refractivity contribution in [2.24, 2.45) is 4.99 Å². The summed E-state index contributed by atoms with van der Waals surface area (Å²) in [5.41, 5.74) is 1.99. The quantitative estimate of drug-likeness (QED) is 0.405. The van der Waals surface area contributed by atoms with Gasteiger partial charge in [0, 0.05) is 10.6 Å². The van der Waals surface area contributed by atoms with Gasteiger partial charge in [-0.2, -0.15) is 0 Å². The van der Waals surface area contributed by atoms with Gasteiger partial charge < -0.3 is 13.9 Å². The summed E-state index contributed by atoms with van der Waals surface area (Å²) >= 11 is 6.06. The molecule has 0 atom stereocenters. The first-order valence-electron chi connectivity index (χ1n) is 8.81. The van der Waals surface area contributed by atoms with Gasteiger partial charge in [-0.25, -0.2) is 9.59 Å². The van der Waals surface area contributed by atoms with Gasteiger partial charge in [-0.15, -0.1) is 0 Å². The molecule has 0 bridgehead atoms. The topological polar surface area (TPSA) is 78.1 Å². The molecule has 7 heteroatoms. The van der Waals surface area contributed by atoms with E-state index >= 15 is 0 Å². The summed E-state index contributed by atoms with van der Waals surface area (Å²) in [5, 5.41) is 0.473. The van der Waals surface area contributed by atoms with E-state index in [1.54, 1.807) is 67.7 Å². The molecule has 0 spiro atoms. The van der Waals surface area contributed by atoms with Crippen LogP contribution in [0.3, 0.4) is 0 Å². The fraction of sp³-hybridized carbons (Fsp3) is 0.136. The summed E-state index contributed by atoms with van der Waals surface area (Å²) in [5.74, 6) is 0.101. The number of rotatable bonds is 6. The molecule has 148 valence electrons. The lowest BCUT2D eigenvalue weighted by molar-refractivity contribution is 0.0525. The molecule has 29 heavy (non-hydrogen) atoms. The standard InChI is InChI=1S/C22H18ClNO5/c1-3-28-21(25)14-4-7-16(8-5-14)24-13-17-9-11-20(29-17)19-12-15(23)6-10-18(19)22(26)27-2/h4-13H,3H2,1-2H3. The molecule has 1 aromatic heterocycles. The Kier molecular flexibility index (Phi) is 6.46. The van der Waals surface area contributed by atoms with Crippen LogP contribution in [0.2, 0.25) is 5.02 Å². The molecule has 3 aromatic rings. The van der Waals surface area contributed by atoms with Crippen molar-refractivity contribution in [3.05, 3.63) is 76.5 Å². The number of ether oxygens (including phenoxy) is 2. The number of methoxy groups -OCH3 is 1. The molecule has 0 N–H and O–H groups in total. The summed E-state index contributed by atoms with van der Waals surface area (Å²) in [4.78, 5) is 28.0. The molecule has 0 fully saturated rings. The van der Waals surface area contributed by atoms with E-state index in [1.165, 1.54) is 7.11 Å². The predicted octanol–water partition coefficient (Wildman–Crippen LogP) is 5.31. The number of carbonyl (C=O) groups is 2. The maximum atomic E-state index is 12.0. The fourth-order valence-corrected chi connectivity index (χ4v) is 2.78. The summed E-state index contributed by atoms with van der Waals surface area (Å²) < 4.78 is 15.5. The summed E-state index contributed by atoms with van der Waals surface area (Å²) in [7, 11) is 1.31. The van der Waals surface area contributed by atoms with Gasteiger partial charge >= 0.3 is 11.9 Å². The Labute approximate surface area is 172 Å². The lowest BCUT2D eigenvalue weighted by Gasteiger charge is -2.06. The van der Waals surface area contributed by atoms with Crippen LogP contribution < -0.4 is 0 Å². The van der Waals surface area contributed by atoms with E-state index < -0.39 is 5.97 Å². The van der Waals surface area contributed by atoms with E-state index in [2.05, 4.69) is 4.99 Å². The van der Waals surface area contributed by atoms with Crippen LogP contribution in [0.25, 0.3) is 11.3 Å². The maximum absolute atomic E-state index is 12.0. The van der Waals surface area contributed by atoms with E-state index in [0.29, 0.717) is 45.5 Å². The summed E-state index contributed by atoms with van der Waals surface area (Å²) in [6.45, 7) is 2.08. The van der Waals surface area contributed by atoms with Gasteiger partial charge in [0.1, 0.15) is 11.5 Å². The molecule has 0 aliphatic heterocycles. The second kappa shape index (κ2) is 9.21. The van der Waals surface area contributed by atoms with Gasteiger partial charge in [0.15, 0.2) is 0 Å². The van der Waals surface area contributed by atoms with E-state index in [0.717, 1.165) is 0 Å². The Morgan fingerprint density at radius 3 is 2.52 bits per heavy atom. The van der Waals surface area contributed by atoms with Crippen LogP contribution in [0.15, 0.2) is 64.0 Å². The molecule has 0 aliphatic rings. The molecule has 0 radical (unpaired) electrons. The molecular formula is C22H18ClNO5. The molecule has 1 heterocycles. The second-order valence-corrected chi connectivity index (χ2v) is 6.35. The largest absolute Gasteiger partial charge is 0.465 e. The van der Waals surface area contributed by atoms with Crippen molar-refractivity contribution in [2.75, 3.05) is 13.7 Å². The van der Waals surface area contributed by atoms with Crippen molar-refractivity contribution in [3.8, 4) is 11.3 Å². The monoisotopic (exact) mass is 411 g/mol.